The number of benzene rings is 1. The van der Waals surface area contributed by atoms with Gasteiger partial charge in [0.1, 0.15) is 0 Å². The van der Waals surface area contributed by atoms with Crippen LogP contribution in [0.4, 0.5) is 0 Å². The largest absolute Gasteiger partial charge is 0.442 e. The van der Waals surface area contributed by atoms with Crippen LogP contribution in [-0.4, -0.2) is 30.2 Å². The first-order valence-electron chi connectivity index (χ1n) is 8.80. The average Bonchev–Trinajstić information content (AvgIpc) is 2.59. The van der Waals surface area contributed by atoms with E-state index in [1.165, 1.54) is 5.56 Å². The molecule has 0 aliphatic heterocycles. The van der Waals surface area contributed by atoms with Gasteiger partial charge in [-0.2, -0.15) is 0 Å². The summed E-state index contributed by atoms with van der Waals surface area (Å²) in [6, 6.07) is 8.20. The number of ether oxygens (including phenoxy) is 1. The summed E-state index contributed by atoms with van der Waals surface area (Å²) >= 11 is 0. The zero-order chi connectivity index (χ0) is 18.8. The number of hydrogen-bond donors (Lipinski definition) is 0. The van der Waals surface area contributed by atoms with Gasteiger partial charge in [-0.15, -0.1) is 13.2 Å². The fraction of sp³-hybridized carbons (Fsp3) is 0.409. The van der Waals surface area contributed by atoms with Gasteiger partial charge in [-0.05, 0) is 36.5 Å². The molecule has 1 rings (SSSR count). The summed E-state index contributed by atoms with van der Waals surface area (Å²) in [6.07, 6.45) is 5.71. The Bertz CT molecular complexity index is 564. The summed E-state index contributed by atoms with van der Waals surface area (Å²) in [7, 11) is 0. The molecule has 0 aliphatic rings. The first-order chi connectivity index (χ1) is 11.9. The lowest BCUT2D eigenvalue weighted by Gasteiger charge is -2.28. The minimum Gasteiger partial charge on any atom is -0.442 e. The number of carbonyl (C=O) groups excluding carboxylic acids is 1. The van der Waals surface area contributed by atoms with E-state index in [4.69, 9.17) is 4.74 Å². The van der Waals surface area contributed by atoms with Gasteiger partial charge < -0.3 is 4.74 Å². The molecule has 136 valence electrons. The summed E-state index contributed by atoms with van der Waals surface area (Å²) < 4.78 is 5.65. The molecule has 0 aromatic heterocycles. The van der Waals surface area contributed by atoms with Gasteiger partial charge >= 0.3 is 5.97 Å². The summed E-state index contributed by atoms with van der Waals surface area (Å²) in [5.74, 6) is 0.0202. The van der Waals surface area contributed by atoms with Crippen LogP contribution in [0.3, 0.4) is 0 Å². The molecule has 1 aromatic rings. The summed E-state index contributed by atoms with van der Waals surface area (Å²) in [5, 5.41) is 0. The second-order valence-electron chi connectivity index (χ2n) is 6.66. The maximum atomic E-state index is 12.5. The Kier molecular flexibility index (Phi) is 8.93. The minimum absolute atomic E-state index is 0.264. The summed E-state index contributed by atoms with van der Waals surface area (Å²) in [5.41, 5.74) is 2.24. The zero-order valence-corrected chi connectivity index (χ0v) is 15.8. The Balaban J connectivity index is 2.78. The molecule has 0 saturated heterocycles. The van der Waals surface area contributed by atoms with Crippen molar-refractivity contribution >= 4 is 5.97 Å². The quantitative estimate of drug-likeness (QED) is 0.331. The van der Waals surface area contributed by atoms with Crippen molar-refractivity contribution in [1.29, 1.82) is 0 Å². The van der Waals surface area contributed by atoms with Crippen LogP contribution in [0.15, 0.2) is 62.2 Å². The van der Waals surface area contributed by atoms with E-state index < -0.39 is 6.23 Å². The highest BCUT2D eigenvalue weighted by Gasteiger charge is 2.23. The number of esters is 1. The number of carbonyl (C=O) groups is 1. The smallest absolute Gasteiger partial charge is 0.314 e. The van der Waals surface area contributed by atoms with E-state index in [9.17, 15) is 4.79 Å². The molecule has 2 atom stereocenters. The van der Waals surface area contributed by atoms with Gasteiger partial charge in [-0.25, -0.2) is 0 Å². The third-order valence-electron chi connectivity index (χ3n) is 4.00. The Morgan fingerprint density at radius 2 is 1.64 bits per heavy atom. The minimum atomic E-state index is -0.494. The van der Waals surface area contributed by atoms with Crippen LogP contribution in [0.25, 0.3) is 0 Å². The summed E-state index contributed by atoms with van der Waals surface area (Å²) in [4.78, 5) is 14.5. The highest BCUT2D eigenvalue weighted by molar-refractivity contribution is 5.78. The zero-order valence-electron chi connectivity index (χ0n) is 15.8. The summed E-state index contributed by atoms with van der Waals surface area (Å²) in [6.45, 7) is 18.7. The average molecular weight is 341 g/mol. The lowest BCUT2D eigenvalue weighted by atomic mass is 9.97. The molecule has 0 N–H and O–H groups in total. The molecule has 3 nitrogen and oxygen atoms in total. The van der Waals surface area contributed by atoms with E-state index in [1.54, 1.807) is 18.2 Å². The molecule has 0 radical (unpaired) electrons. The maximum Gasteiger partial charge on any atom is 0.314 e. The van der Waals surface area contributed by atoms with Crippen LogP contribution in [0.2, 0.25) is 0 Å². The van der Waals surface area contributed by atoms with Crippen molar-refractivity contribution in [2.45, 2.75) is 39.3 Å². The fourth-order valence-electron chi connectivity index (χ4n) is 2.66. The monoisotopic (exact) mass is 341 g/mol. The standard InChI is InChI=1S/C22H31NO2/c1-7-14-23(15-8-2)21(9-3)25-22(24)18(6)20-12-10-19(11-13-20)16-17(4)5/h7-13,17-18,21H,1-3,14-16H2,4-6H3. The van der Waals surface area contributed by atoms with Crippen LogP contribution in [-0.2, 0) is 16.0 Å². The highest BCUT2D eigenvalue weighted by Crippen LogP contribution is 2.20. The SMILES string of the molecule is C=CCN(CC=C)C(C=C)OC(=O)C(C)c1ccc(CC(C)C)cc1. The van der Waals surface area contributed by atoms with Gasteiger partial charge in [0.25, 0.3) is 0 Å². The lowest BCUT2D eigenvalue weighted by molar-refractivity contribution is -0.155. The molecule has 0 spiro atoms. The normalized spacial score (nSPS) is 13.3. The van der Waals surface area contributed by atoms with E-state index in [0.717, 1.165) is 12.0 Å². The Morgan fingerprint density at radius 1 is 1.08 bits per heavy atom. The molecule has 1 aromatic carbocycles. The van der Waals surface area contributed by atoms with Gasteiger partial charge in [-0.3, -0.25) is 9.69 Å². The van der Waals surface area contributed by atoms with Crippen LogP contribution in [0.5, 0.6) is 0 Å². The predicted molar refractivity (Wildman–Crippen MR) is 105 cm³/mol. The topological polar surface area (TPSA) is 29.5 Å². The lowest BCUT2D eigenvalue weighted by Crippen LogP contribution is -2.38. The maximum absolute atomic E-state index is 12.5. The molecule has 3 heteroatoms. The molecule has 0 heterocycles. The van der Waals surface area contributed by atoms with E-state index in [-0.39, 0.29) is 11.9 Å². The molecule has 0 aliphatic carbocycles. The predicted octanol–water partition coefficient (Wildman–Crippen LogP) is 4.72. The Labute approximate surface area is 152 Å². The molecular weight excluding hydrogens is 310 g/mol. The van der Waals surface area contributed by atoms with Crippen molar-refractivity contribution in [3.8, 4) is 0 Å². The van der Waals surface area contributed by atoms with E-state index in [1.807, 2.05) is 24.0 Å². The third-order valence-corrected chi connectivity index (χ3v) is 4.00. The Hall–Kier alpha value is -2.13. The van der Waals surface area contributed by atoms with Crippen molar-refractivity contribution in [3.63, 3.8) is 0 Å². The number of rotatable bonds is 11. The van der Waals surface area contributed by atoms with Crippen molar-refractivity contribution in [1.82, 2.24) is 4.90 Å². The second-order valence-corrected chi connectivity index (χ2v) is 6.66. The molecule has 2 unspecified atom stereocenters. The van der Waals surface area contributed by atoms with Crippen LogP contribution in [0.1, 0.15) is 37.8 Å². The highest BCUT2D eigenvalue weighted by atomic mass is 16.6. The van der Waals surface area contributed by atoms with E-state index in [0.29, 0.717) is 19.0 Å². The van der Waals surface area contributed by atoms with Crippen LogP contribution < -0.4 is 0 Å². The Morgan fingerprint density at radius 3 is 2.08 bits per heavy atom. The van der Waals surface area contributed by atoms with Gasteiger partial charge in [0.15, 0.2) is 6.23 Å². The molecule has 0 amide bonds. The second kappa shape index (κ2) is 10.7. The first kappa shape index (κ1) is 20.9. The third kappa shape index (κ3) is 6.71. The fourth-order valence-corrected chi connectivity index (χ4v) is 2.66. The van der Waals surface area contributed by atoms with Crippen LogP contribution >= 0.6 is 0 Å². The van der Waals surface area contributed by atoms with Crippen molar-refractivity contribution in [3.05, 3.63) is 73.4 Å². The van der Waals surface area contributed by atoms with Gasteiger partial charge in [0, 0.05) is 13.1 Å². The van der Waals surface area contributed by atoms with Crippen molar-refractivity contribution < 1.29 is 9.53 Å². The van der Waals surface area contributed by atoms with E-state index in [2.05, 4.69) is 45.7 Å². The van der Waals surface area contributed by atoms with Crippen molar-refractivity contribution in [2.24, 2.45) is 5.92 Å². The van der Waals surface area contributed by atoms with Crippen LogP contribution in [0, 0.1) is 5.92 Å². The van der Waals surface area contributed by atoms with E-state index >= 15 is 0 Å². The van der Waals surface area contributed by atoms with Crippen molar-refractivity contribution in [2.75, 3.05) is 13.1 Å². The van der Waals surface area contributed by atoms with Gasteiger partial charge in [0.2, 0.25) is 0 Å². The molecule has 0 bridgehead atoms. The molecule has 0 fully saturated rings. The van der Waals surface area contributed by atoms with Gasteiger partial charge in [-0.1, -0.05) is 56.8 Å². The first-order valence-corrected chi connectivity index (χ1v) is 8.80. The number of nitrogens with zero attached hydrogens (tertiary/aromatic N) is 1. The molecule has 25 heavy (non-hydrogen) atoms. The molecule has 0 saturated carbocycles. The van der Waals surface area contributed by atoms with Gasteiger partial charge in [0.05, 0.1) is 5.92 Å². The molecular formula is C22H31NO2. The number of hydrogen-bond acceptors (Lipinski definition) is 3.